The van der Waals surface area contributed by atoms with Crippen molar-refractivity contribution in [1.29, 1.82) is 0 Å². The van der Waals surface area contributed by atoms with Gasteiger partial charge in [0, 0.05) is 6.61 Å². The van der Waals surface area contributed by atoms with Crippen LogP contribution in [-0.2, 0) is 6.42 Å². The van der Waals surface area contributed by atoms with Gasteiger partial charge in [0.2, 0.25) is 0 Å². The smallest absolute Gasteiger partial charge is 0.137 e. The van der Waals surface area contributed by atoms with E-state index in [4.69, 9.17) is 21.4 Å². The molecule has 1 aromatic rings. The average Bonchev–Trinajstić information content (AvgIpc) is 2.20. The topological polar surface area (TPSA) is 29.5 Å². The predicted molar refractivity (Wildman–Crippen MR) is 58.0 cm³/mol. The highest BCUT2D eigenvalue weighted by Gasteiger charge is 2.05. The van der Waals surface area contributed by atoms with Crippen LogP contribution >= 0.6 is 11.6 Å². The van der Waals surface area contributed by atoms with E-state index in [0.717, 1.165) is 12.0 Å². The molecule has 78 valence electrons. The van der Waals surface area contributed by atoms with Gasteiger partial charge in [0.25, 0.3) is 0 Å². The number of hydrogen-bond donors (Lipinski definition) is 1. The second-order valence-corrected chi connectivity index (χ2v) is 3.87. The van der Waals surface area contributed by atoms with Gasteiger partial charge in [-0.05, 0) is 30.0 Å². The maximum absolute atomic E-state index is 8.92. The highest BCUT2D eigenvalue weighted by Crippen LogP contribution is 2.25. The van der Waals surface area contributed by atoms with E-state index in [2.05, 4.69) is 0 Å². The van der Waals surface area contributed by atoms with Gasteiger partial charge in [-0.15, -0.1) is 0 Å². The Bertz CT molecular complexity index is 299. The molecule has 14 heavy (non-hydrogen) atoms. The number of halogens is 1. The van der Waals surface area contributed by atoms with Crippen molar-refractivity contribution in [3.8, 4) is 5.75 Å². The van der Waals surface area contributed by atoms with Crippen LogP contribution in [0.15, 0.2) is 18.2 Å². The summed E-state index contributed by atoms with van der Waals surface area (Å²) >= 11 is 5.89. The molecule has 1 rings (SSSR count). The lowest BCUT2D eigenvalue weighted by molar-refractivity contribution is 0.237. The third kappa shape index (κ3) is 2.89. The van der Waals surface area contributed by atoms with Crippen LogP contribution in [-0.4, -0.2) is 18.8 Å². The predicted octanol–water partition coefficient (Wildman–Crippen LogP) is 2.52. The SMILES string of the molecule is COc1cc(CC(C)CO)ccc1Cl. The Hall–Kier alpha value is -0.730. The first-order valence-corrected chi connectivity index (χ1v) is 4.98. The number of rotatable bonds is 4. The molecule has 0 bridgehead atoms. The average molecular weight is 215 g/mol. The van der Waals surface area contributed by atoms with Crippen LogP contribution in [0.3, 0.4) is 0 Å². The summed E-state index contributed by atoms with van der Waals surface area (Å²) in [7, 11) is 1.60. The van der Waals surface area contributed by atoms with Gasteiger partial charge in [-0.3, -0.25) is 0 Å². The summed E-state index contributed by atoms with van der Waals surface area (Å²) in [6.07, 6.45) is 0.837. The number of aliphatic hydroxyl groups is 1. The molecular formula is C11H15ClO2. The fraction of sp³-hybridized carbons (Fsp3) is 0.455. The Morgan fingerprint density at radius 1 is 1.50 bits per heavy atom. The molecule has 0 fully saturated rings. The lowest BCUT2D eigenvalue weighted by atomic mass is 10.0. The van der Waals surface area contributed by atoms with Crippen LogP contribution in [0.1, 0.15) is 12.5 Å². The minimum absolute atomic E-state index is 0.199. The summed E-state index contributed by atoms with van der Waals surface area (Å²) in [6, 6.07) is 5.69. The van der Waals surface area contributed by atoms with Gasteiger partial charge in [0.1, 0.15) is 5.75 Å². The largest absolute Gasteiger partial charge is 0.495 e. The van der Waals surface area contributed by atoms with E-state index in [1.807, 2.05) is 25.1 Å². The van der Waals surface area contributed by atoms with E-state index < -0.39 is 0 Å². The van der Waals surface area contributed by atoms with Crippen molar-refractivity contribution < 1.29 is 9.84 Å². The van der Waals surface area contributed by atoms with Gasteiger partial charge in [-0.1, -0.05) is 24.6 Å². The molecule has 0 saturated carbocycles. The molecule has 0 aliphatic rings. The molecule has 0 amide bonds. The normalized spacial score (nSPS) is 12.6. The van der Waals surface area contributed by atoms with Gasteiger partial charge in [-0.25, -0.2) is 0 Å². The number of aliphatic hydroxyl groups excluding tert-OH is 1. The van der Waals surface area contributed by atoms with Crippen LogP contribution in [0.25, 0.3) is 0 Å². The maximum atomic E-state index is 8.92. The van der Waals surface area contributed by atoms with E-state index in [9.17, 15) is 0 Å². The third-order valence-corrected chi connectivity index (χ3v) is 2.42. The first kappa shape index (κ1) is 11.3. The Morgan fingerprint density at radius 2 is 2.21 bits per heavy atom. The summed E-state index contributed by atoms with van der Waals surface area (Å²) in [6.45, 7) is 2.20. The van der Waals surface area contributed by atoms with Crippen molar-refractivity contribution in [1.82, 2.24) is 0 Å². The van der Waals surface area contributed by atoms with Crippen LogP contribution < -0.4 is 4.74 Å². The zero-order valence-corrected chi connectivity index (χ0v) is 9.21. The number of ether oxygens (including phenoxy) is 1. The fourth-order valence-electron chi connectivity index (χ4n) is 1.30. The zero-order chi connectivity index (χ0) is 10.6. The molecule has 0 aliphatic carbocycles. The second-order valence-electron chi connectivity index (χ2n) is 3.46. The first-order valence-electron chi connectivity index (χ1n) is 4.60. The molecule has 0 spiro atoms. The molecule has 3 heteroatoms. The molecule has 1 atom stereocenters. The Kier molecular flexibility index (Phi) is 4.23. The van der Waals surface area contributed by atoms with E-state index in [-0.39, 0.29) is 12.5 Å². The van der Waals surface area contributed by atoms with Gasteiger partial charge < -0.3 is 9.84 Å². The van der Waals surface area contributed by atoms with Crippen molar-refractivity contribution in [2.75, 3.05) is 13.7 Å². The second kappa shape index (κ2) is 5.23. The molecular weight excluding hydrogens is 200 g/mol. The summed E-state index contributed by atoms with van der Waals surface area (Å²) in [4.78, 5) is 0. The fourth-order valence-corrected chi connectivity index (χ4v) is 1.49. The monoisotopic (exact) mass is 214 g/mol. The number of benzene rings is 1. The maximum Gasteiger partial charge on any atom is 0.137 e. The lowest BCUT2D eigenvalue weighted by Gasteiger charge is -2.09. The Balaban J connectivity index is 2.79. The van der Waals surface area contributed by atoms with E-state index in [0.29, 0.717) is 10.8 Å². The summed E-state index contributed by atoms with van der Waals surface area (Å²) in [5, 5.41) is 9.54. The highest BCUT2D eigenvalue weighted by atomic mass is 35.5. The number of methoxy groups -OCH3 is 1. The molecule has 0 aliphatic heterocycles. The molecule has 0 saturated heterocycles. The Morgan fingerprint density at radius 3 is 2.79 bits per heavy atom. The molecule has 1 N–H and O–H groups in total. The van der Waals surface area contributed by atoms with Crippen molar-refractivity contribution in [3.63, 3.8) is 0 Å². The van der Waals surface area contributed by atoms with E-state index in [1.54, 1.807) is 7.11 Å². The minimum Gasteiger partial charge on any atom is -0.495 e. The lowest BCUT2D eigenvalue weighted by Crippen LogP contribution is -2.04. The van der Waals surface area contributed by atoms with Crippen LogP contribution in [0, 0.1) is 5.92 Å². The summed E-state index contributed by atoms with van der Waals surface area (Å²) < 4.78 is 5.11. The van der Waals surface area contributed by atoms with Crippen molar-refractivity contribution >= 4 is 11.6 Å². The van der Waals surface area contributed by atoms with Gasteiger partial charge in [0.15, 0.2) is 0 Å². The molecule has 0 aromatic heterocycles. The van der Waals surface area contributed by atoms with Crippen LogP contribution in [0.5, 0.6) is 5.75 Å². The summed E-state index contributed by atoms with van der Waals surface area (Å²) in [5.74, 6) is 0.954. The molecule has 1 unspecified atom stereocenters. The van der Waals surface area contributed by atoms with Gasteiger partial charge in [-0.2, -0.15) is 0 Å². The number of hydrogen-bond acceptors (Lipinski definition) is 2. The van der Waals surface area contributed by atoms with Gasteiger partial charge >= 0.3 is 0 Å². The minimum atomic E-state index is 0.199. The Labute approximate surface area is 89.5 Å². The van der Waals surface area contributed by atoms with E-state index in [1.165, 1.54) is 0 Å². The quantitative estimate of drug-likeness (QED) is 0.835. The first-order chi connectivity index (χ1) is 6.67. The van der Waals surface area contributed by atoms with E-state index >= 15 is 0 Å². The van der Waals surface area contributed by atoms with Crippen molar-refractivity contribution in [2.45, 2.75) is 13.3 Å². The summed E-state index contributed by atoms with van der Waals surface area (Å²) in [5.41, 5.74) is 1.13. The molecule has 0 heterocycles. The van der Waals surface area contributed by atoms with Crippen molar-refractivity contribution in [3.05, 3.63) is 28.8 Å². The van der Waals surface area contributed by atoms with Crippen molar-refractivity contribution in [2.24, 2.45) is 5.92 Å². The standard InChI is InChI=1S/C11H15ClO2/c1-8(7-13)5-9-3-4-10(12)11(6-9)14-2/h3-4,6,8,13H,5,7H2,1-2H3. The van der Waals surface area contributed by atoms with Gasteiger partial charge in [0.05, 0.1) is 12.1 Å². The molecule has 0 radical (unpaired) electrons. The zero-order valence-electron chi connectivity index (χ0n) is 8.46. The van der Waals surface area contributed by atoms with Crippen LogP contribution in [0.2, 0.25) is 5.02 Å². The molecule has 1 aromatic carbocycles. The third-order valence-electron chi connectivity index (χ3n) is 2.11. The van der Waals surface area contributed by atoms with Crippen LogP contribution in [0.4, 0.5) is 0 Å². The molecule has 2 nitrogen and oxygen atoms in total. The highest BCUT2D eigenvalue weighted by molar-refractivity contribution is 6.32.